The summed E-state index contributed by atoms with van der Waals surface area (Å²) in [5.74, 6) is -0.0500. The molecule has 2 aliphatic heterocycles. The van der Waals surface area contributed by atoms with E-state index < -0.39 is 39.9 Å². The van der Waals surface area contributed by atoms with E-state index in [1.807, 2.05) is 6.92 Å². The predicted octanol–water partition coefficient (Wildman–Crippen LogP) is 3.90. The third-order valence-corrected chi connectivity index (χ3v) is 7.54. The molecular weight excluding hydrogens is 523 g/mol. The van der Waals surface area contributed by atoms with Crippen LogP contribution in [-0.2, 0) is 18.6 Å². The second-order valence-corrected chi connectivity index (χ2v) is 13.4. The van der Waals surface area contributed by atoms with Gasteiger partial charge < -0.3 is 24.0 Å². The van der Waals surface area contributed by atoms with E-state index in [4.69, 9.17) is 18.6 Å². The van der Waals surface area contributed by atoms with E-state index in [0.717, 1.165) is 0 Å². The van der Waals surface area contributed by atoms with Crippen LogP contribution in [0.25, 0.3) is 11.2 Å². The van der Waals surface area contributed by atoms with Crippen LogP contribution in [0.4, 0.5) is 15.0 Å². The van der Waals surface area contributed by atoms with Gasteiger partial charge in [-0.25, -0.2) is 24.1 Å². The van der Waals surface area contributed by atoms with Gasteiger partial charge in [0.25, 0.3) is 0 Å². The molecular formula is C26H35FN6O5Si. The first-order valence-corrected chi connectivity index (χ1v) is 15.9. The highest BCUT2D eigenvalue weighted by atomic mass is 28.3. The first-order valence-electron chi connectivity index (χ1n) is 13.2. The van der Waals surface area contributed by atoms with Gasteiger partial charge in [0.05, 0.1) is 12.4 Å². The summed E-state index contributed by atoms with van der Waals surface area (Å²) in [5.41, 5.74) is 1.35. The Morgan fingerprint density at radius 1 is 1.13 bits per heavy atom. The summed E-state index contributed by atoms with van der Waals surface area (Å²) in [6, 6.07) is 5.70. The second kappa shape index (κ2) is 10.9. The van der Waals surface area contributed by atoms with Crippen molar-refractivity contribution in [3.63, 3.8) is 0 Å². The number of nitrogens with one attached hydrogen (secondary N) is 2. The van der Waals surface area contributed by atoms with Crippen LogP contribution in [0.5, 0.6) is 0 Å². The van der Waals surface area contributed by atoms with Crippen molar-refractivity contribution in [3.8, 4) is 0 Å². The van der Waals surface area contributed by atoms with Crippen LogP contribution in [0.2, 0.25) is 13.1 Å². The van der Waals surface area contributed by atoms with Gasteiger partial charge in [-0.3, -0.25) is 9.88 Å². The molecule has 0 spiro atoms. The van der Waals surface area contributed by atoms with Gasteiger partial charge in [0.1, 0.15) is 30.5 Å². The molecule has 0 bridgehead atoms. The Balaban J connectivity index is 1.52. The summed E-state index contributed by atoms with van der Waals surface area (Å²) in [5, 5.41) is 5.40. The van der Waals surface area contributed by atoms with Crippen LogP contribution in [0, 0.1) is 11.2 Å². The summed E-state index contributed by atoms with van der Waals surface area (Å²) >= 11 is 0. The van der Waals surface area contributed by atoms with E-state index in [1.165, 1.54) is 18.5 Å². The molecule has 0 saturated carbocycles. The smallest absolute Gasteiger partial charge is 0.320 e. The van der Waals surface area contributed by atoms with Crippen LogP contribution >= 0.6 is 0 Å². The van der Waals surface area contributed by atoms with Crippen LogP contribution in [-0.4, -0.2) is 65.6 Å². The number of nitrogens with zero attached hydrogens (tertiary/aromatic N) is 4. The number of hydrogen-bond acceptors (Lipinski definition) is 8. The number of halogens is 1. The third-order valence-electron chi connectivity index (χ3n) is 6.70. The van der Waals surface area contributed by atoms with Crippen molar-refractivity contribution in [1.29, 1.82) is 0 Å². The lowest BCUT2D eigenvalue weighted by molar-refractivity contribution is -0.173. The van der Waals surface area contributed by atoms with E-state index in [9.17, 15) is 9.18 Å². The van der Waals surface area contributed by atoms with Crippen molar-refractivity contribution in [2.75, 3.05) is 11.9 Å². The number of aromatic nitrogens is 4. The molecule has 5 rings (SSSR count). The lowest BCUT2D eigenvalue weighted by Gasteiger charge is -2.38. The molecule has 39 heavy (non-hydrogen) atoms. The van der Waals surface area contributed by atoms with Gasteiger partial charge in [-0.2, -0.15) is 0 Å². The summed E-state index contributed by atoms with van der Waals surface area (Å²) in [7, 11) is -1.46. The first kappa shape index (κ1) is 27.6. The molecule has 3 aromatic rings. The Hall–Kier alpha value is -2.97. The van der Waals surface area contributed by atoms with Crippen molar-refractivity contribution in [1.82, 2.24) is 24.8 Å². The molecule has 11 nitrogen and oxygen atoms in total. The van der Waals surface area contributed by atoms with Gasteiger partial charge >= 0.3 is 6.03 Å². The fourth-order valence-corrected chi connectivity index (χ4v) is 6.19. The Morgan fingerprint density at radius 3 is 2.51 bits per heavy atom. The average molecular weight is 559 g/mol. The fraction of sp³-hybridized carbons (Fsp3) is 0.538. The molecule has 0 aliphatic carbocycles. The summed E-state index contributed by atoms with van der Waals surface area (Å²) in [6.45, 7) is 12.9. The minimum Gasteiger partial charge on any atom is -0.414 e. The zero-order valence-electron chi connectivity index (χ0n) is 22.9. The quantitative estimate of drug-likeness (QED) is 0.419. The summed E-state index contributed by atoms with van der Waals surface area (Å²) < 4.78 is 41.5. The van der Waals surface area contributed by atoms with Crippen LogP contribution in [0.3, 0.4) is 0 Å². The largest absolute Gasteiger partial charge is 0.414 e. The number of rotatable bonds is 7. The molecule has 2 N–H and O–H groups in total. The van der Waals surface area contributed by atoms with E-state index in [2.05, 4.69) is 59.5 Å². The predicted molar refractivity (Wildman–Crippen MR) is 144 cm³/mol. The molecule has 210 valence electrons. The van der Waals surface area contributed by atoms with E-state index in [-0.39, 0.29) is 29.2 Å². The number of imidazole rings is 1. The second-order valence-electron chi connectivity index (χ2n) is 11.1. The average Bonchev–Trinajstić information content (AvgIpc) is 3.57. The summed E-state index contributed by atoms with van der Waals surface area (Å²) in [4.78, 5) is 25.3. The number of fused-ring (bicyclic) bond motifs is 2. The monoisotopic (exact) mass is 558 g/mol. The molecule has 2 fully saturated rings. The van der Waals surface area contributed by atoms with Crippen LogP contribution < -0.4 is 10.6 Å². The number of benzene rings is 1. The van der Waals surface area contributed by atoms with Crippen LogP contribution in [0.1, 0.15) is 45.8 Å². The normalized spacial score (nSPS) is 25.7. The lowest BCUT2D eigenvalue weighted by atomic mass is 9.84. The maximum absolute atomic E-state index is 13.6. The Labute approximate surface area is 228 Å². The molecule has 0 radical (unpaired) electrons. The molecule has 2 saturated heterocycles. The van der Waals surface area contributed by atoms with E-state index >= 15 is 0 Å². The first-order chi connectivity index (χ1) is 18.6. The molecule has 13 heteroatoms. The molecule has 6 atom stereocenters. The Bertz CT molecular complexity index is 1320. The maximum atomic E-state index is 13.6. The van der Waals surface area contributed by atoms with Crippen molar-refractivity contribution < 1.29 is 27.8 Å². The van der Waals surface area contributed by atoms with Crippen LogP contribution in [0.15, 0.2) is 36.9 Å². The molecule has 2 aromatic heterocycles. The fourth-order valence-electron chi connectivity index (χ4n) is 5.04. The molecule has 2 aliphatic rings. The highest BCUT2D eigenvalue weighted by Gasteiger charge is 2.58. The highest BCUT2D eigenvalue weighted by Crippen LogP contribution is 2.48. The van der Waals surface area contributed by atoms with Gasteiger partial charge in [0.15, 0.2) is 38.5 Å². The number of urea groups is 1. The zero-order chi connectivity index (χ0) is 27.9. The SMILES string of the molecule is CCNC(=O)Nc1ncnc2c1ncn2C1OC(C(O[SiH](C)C)C(C)(C)C)C2OC(c3ccc(F)cc3)OC21. The summed E-state index contributed by atoms with van der Waals surface area (Å²) in [6.07, 6.45) is -0.0933. The number of amides is 2. The number of anilines is 1. The van der Waals surface area contributed by atoms with Gasteiger partial charge in [0.2, 0.25) is 0 Å². The standard InChI is InChI=1S/C26H35FN6O5Si/c1-7-28-25(34)32-21-16-22(30-12-29-21)33(13-31-16)23-19-17(18(35-23)20(26(2,3)4)38-39(5)6)36-24(37-19)14-8-10-15(27)11-9-14/h8-13,17-20,23-24,39H,7H2,1-6H3,(H2,28,29,30,32,34). The van der Waals surface area contributed by atoms with Crippen molar-refractivity contribution in [3.05, 3.63) is 48.3 Å². The highest BCUT2D eigenvalue weighted by molar-refractivity contribution is 6.48. The number of ether oxygens (including phenoxy) is 3. The molecule has 4 heterocycles. The molecule has 2 amide bonds. The lowest BCUT2D eigenvalue weighted by Crippen LogP contribution is -2.48. The van der Waals surface area contributed by atoms with Gasteiger partial charge in [-0.1, -0.05) is 32.9 Å². The number of carbonyl (C=O) groups is 1. The molecule has 1 aromatic carbocycles. The van der Waals surface area contributed by atoms with Crippen molar-refractivity contribution in [2.24, 2.45) is 5.41 Å². The topological polar surface area (TPSA) is 122 Å². The zero-order valence-corrected chi connectivity index (χ0v) is 24.1. The minimum absolute atomic E-state index is 0.248. The van der Waals surface area contributed by atoms with Gasteiger partial charge in [0, 0.05) is 12.1 Å². The minimum atomic E-state index is -1.46. The van der Waals surface area contributed by atoms with Crippen molar-refractivity contribution in [2.45, 2.75) is 77.7 Å². The number of carbonyl (C=O) groups excluding carboxylic acids is 1. The number of hydrogen-bond donors (Lipinski definition) is 2. The molecule has 6 unspecified atom stereocenters. The van der Waals surface area contributed by atoms with Gasteiger partial charge in [-0.15, -0.1) is 0 Å². The Kier molecular flexibility index (Phi) is 7.70. The third kappa shape index (κ3) is 5.54. The Morgan fingerprint density at radius 2 is 1.85 bits per heavy atom. The van der Waals surface area contributed by atoms with E-state index in [1.54, 1.807) is 23.0 Å². The van der Waals surface area contributed by atoms with Gasteiger partial charge in [-0.05, 0) is 37.6 Å². The van der Waals surface area contributed by atoms with Crippen molar-refractivity contribution >= 4 is 32.1 Å². The van der Waals surface area contributed by atoms with E-state index in [0.29, 0.717) is 23.3 Å². The maximum Gasteiger partial charge on any atom is 0.320 e.